The zero-order valence-electron chi connectivity index (χ0n) is 9.52. The van der Waals surface area contributed by atoms with Crippen molar-refractivity contribution in [2.45, 2.75) is 38.6 Å². The minimum absolute atomic E-state index is 0.105. The number of amides is 1. The molecule has 1 fully saturated rings. The molecule has 1 heterocycles. The fraction of sp³-hybridized carbons (Fsp3) is 0.583. The number of aromatic nitrogens is 2. The summed E-state index contributed by atoms with van der Waals surface area (Å²) in [5.41, 5.74) is 0.403. The topological polar surface area (TPSA) is 54.9 Å². The maximum absolute atomic E-state index is 11.8. The molecule has 1 aromatic rings. The Morgan fingerprint density at radius 1 is 1.38 bits per heavy atom. The minimum atomic E-state index is -0.105. The van der Waals surface area contributed by atoms with E-state index in [1.54, 1.807) is 12.4 Å². The summed E-state index contributed by atoms with van der Waals surface area (Å²) >= 11 is 0. The number of carbonyl (C=O) groups excluding carboxylic acids is 1. The number of nitrogens with zero attached hydrogens (tertiary/aromatic N) is 2. The van der Waals surface area contributed by atoms with Gasteiger partial charge in [0.25, 0.3) is 5.91 Å². The van der Waals surface area contributed by atoms with Gasteiger partial charge in [0.05, 0.1) is 6.20 Å². The van der Waals surface area contributed by atoms with Crippen LogP contribution in [-0.4, -0.2) is 21.9 Å². The van der Waals surface area contributed by atoms with Gasteiger partial charge in [0.1, 0.15) is 5.69 Å². The molecule has 4 heteroatoms. The van der Waals surface area contributed by atoms with Gasteiger partial charge in [-0.25, -0.2) is 4.98 Å². The zero-order chi connectivity index (χ0) is 11.4. The smallest absolute Gasteiger partial charge is 0.271 e. The summed E-state index contributed by atoms with van der Waals surface area (Å²) in [5, 5.41) is 3.04. The Morgan fingerprint density at radius 2 is 2.19 bits per heavy atom. The van der Waals surface area contributed by atoms with Gasteiger partial charge in [-0.15, -0.1) is 0 Å². The Morgan fingerprint density at radius 3 is 2.88 bits per heavy atom. The van der Waals surface area contributed by atoms with Gasteiger partial charge < -0.3 is 5.32 Å². The molecule has 0 radical (unpaired) electrons. The van der Waals surface area contributed by atoms with Gasteiger partial charge in [-0.2, -0.15) is 0 Å². The molecule has 86 valence electrons. The summed E-state index contributed by atoms with van der Waals surface area (Å²) in [6, 6.07) is 0.295. The molecule has 1 N–H and O–H groups in total. The molecule has 0 spiro atoms. The Labute approximate surface area is 95.5 Å². The Kier molecular flexibility index (Phi) is 3.49. The highest BCUT2D eigenvalue weighted by atomic mass is 16.1. The fourth-order valence-corrected chi connectivity index (χ4v) is 2.19. The van der Waals surface area contributed by atoms with Crippen molar-refractivity contribution in [1.82, 2.24) is 15.3 Å². The Balaban J connectivity index is 1.96. The second-order valence-electron chi connectivity index (χ2n) is 4.43. The van der Waals surface area contributed by atoms with Crippen LogP contribution in [0.15, 0.2) is 18.6 Å². The molecule has 1 aromatic heterocycles. The number of rotatable bonds is 2. The molecular formula is C12H17N3O. The number of hydrogen-bond acceptors (Lipinski definition) is 3. The van der Waals surface area contributed by atoms with E-state index in [9.17, 15) is 4.79 Å². The summed E-state index contributed by atoms with van der Waals surface area (Å²) in [6.45, 7) is 2.20. The summed E-state index contributed by atoms with van der Waals surface area (Å²) in [7, 11) is 0. The molecule has 1 aliphatic rings. The lowest BCUT2D eigenvalue weighted by Gasteiger charge is -2.29. The second-order valence-corrected chi connectivity index (χ2v) is 4.43. The fourth-order valence-electron chi connectivity index (χ4n) is 2.19. The highest BCUT2D eigenvalue weighted by Crippen LogP contribution is 2.23. The van der Waals surface area contributed by atoms with E-state index >= 15 is 0 Å². The van der Waals surface area contributed by atoms with Crippen LogP contribution in [0.1, 0.15) is 43.1 Å². The third-order valence-corrected chi connectivity index (χ3v) is 3.22. The van der Waals surface area contributed by atoms with E-state index < -0.39 is 0 Å². The molecule has 0 aliphatic heterocycles. The Bertz CT molecular complexity index is 353. The molecule has 4 nitrogen and oxygen atoms in total. The minimum Gasteiger partial charge on any atom is -0.348 e. The first-order valence-corrected chi connectivity index (χ1v) is 5.84. The van der Waals surface area contributed by atoms with Crippen LogP contribution in [0.3, 0.4) is 0 Å². The van der Waals surface area contributed by atoms with Crippen LogP contribution in [0.2, 0.25) is 0 Å². The largest absolute Gasteiger partial charge is 0.348 e. The van der Waals surface area contributed by atoms with Gasteiger partial charge in [0.15, 0.2) is 0 Å². The third kappa shape index (κ3) is 2.56. The molecule has 1 saturated carbocycles. The van der Waals surface area contributed by atoms with Crippen LogP contribution in [0.25, 0.3) is 0 Å². The van der Waals surface area contributed by atoms with Crippen LogP contribution < -0.4 is 5.32 Å². The van der Waals surface area contributed by atoms with E-state index in [4.69, 9.17) is 0 Å². The predicted octanol–water partition coefficient (Wildman–Crippen LogP) is 1.79. The quantitative estimate of drug-likeness (QED) is 0.825. The van der Waals surface area contributed by atoms with Crippen molar-refractivity contribution in [2.75, 3.05) is 0 Å². The standard InChI is InChI=1S/C12H17N3O/c1-9-4-2-3-5-10(9)15-12(16)11-8-13-6-7-14-11/h6-10H,2-5H2,1H3,(H,15,16)/t9-,10-/m0/s1. The van der Waals surface area contributed by atoms with E-state index in [-0.39, 0.29) is 5.91 Å². The summed E-state index contributed by atoms with van der Waals surface area (Å²) < 4.78 is 0. The summed E-state index contributed by atoms with van der Waals surface area (Å²) in [4.78, 5) is 19.7. The number of hydrogen-bond donors (Lipinski definition) is 1. The van der Waals surface area contributed by atoms with Gasteiger partial charge >= 0.3 is 0 Å². The van der Waals surface area contributed by atoms with Crippen LogP contribution in [0.5, 0.6) is 0 Å². The van der Waals surface area contributed by atoms with E-state index in [0.29, 0.717) is 17.7 Å². The van der Waals surface area contributed by atoms with Crippen LogP contribution in [-0.2, 0) is 0 Å². The number of nitrogens with one attached hydrogen (secondary N) is 1. The zero-order valence-corrected chi connectivity index (χ0v) is 9.52. The SMILES string of the molecule is C[C@H]1CCCC[C@@H]1NC(=O)c1cnccn1. The van der Waals surface area contributed by atoms with E-state index in [2.05, 4.69) is 22.2 Å². The van der Waals surface area contributed by atoms with E-state index in [1.807, 2.05) is 0 Å². The van der Waals surface area contributed by atoms with Crippen molar-refractivity contribution in [3.63, 3.8) is 0 Å². The van der Waals surface area contributed by atoms with Crippen LogP contribution >= 0.6 is 0 Å². The highest BCUT2D eigenvalue weighted by Gasteiger charge is 2.23. The van der Waals surface area contributed by atoms with Gasteiger partial charge in [-0.05, 0) is 18.8 Å². The van der Waals surface area contributed by atoms with Crippen molar-refractivity contribution >= 4 is 5.91 Å². The molecule has 0 bridgehead atoms. The van der Waals surface area contributed by atoms with Gasteiger partial charge in [-0.1, -0.05) is 19.8 Å². The first-order valence-electron chi connectivity index (χ1n) is 5.84. The molecular weight excluding hydrogens is 202 g/mol. The van der Waals surface area contributed by atoms with E-state index in [1.165, 1.54) is 25.5 Å². The average Bonchev–Trinajstić information content (AvgIpc) is 2.33. The first kappa shape index (κ1) is 11.0. The predicted molar refractivity (Wildman–Crippen MR) is 60.9 cm³/mol. The van der Waals surface area contributed by atoms with Crippen molar-refractivity contribution in [2.24, 2.45) is 5.92 Å². The van der Waals surface area contributed by atoms with Crippen molar-refractivity contribution in [3.8, 4) is 0 Å². The summed E-state index contributed by atoms with van der Waals surface area (Å²) in [5.74, 6) is 0.459. The summed E-state index contributed by atoms with van der Waals surface area (Å²) in [6.07, 6.45) is 9.37. The first-order chi connectivity index (χ1) is 7.77. The van der Waals surface area contributed by atoms with Gasteiger partial charge in [0.2, 0.25) is 0 Å². The molecule has 0 unspecified atom stereocenters. The van der Waals surface area contributed by atoms with Gasteiger partial charge in [-0.3, -0.25) is 9.78 Å². The molecule has 1 amide bonds. The monoisotopic (exact) mass is 219 g/mol. The van der Waals surface area contributed by atoms with Crippen molar-refractivity contribution in [1.29, 1.82) is 0 Å². The highest BCUT2D eigenvalue weighted by molar-refractivity contribution is 5.92. The van der Waals surface area contributed by atoms with Crippen molar-refractivity contribution in [3.05, 3.63) is 24.3 Å². The molecule has 2 rings (SSSR count). The van der Waals surface area contributed by atoms with Crippen LogP contribution in [0.4, 0.5) is 0 Å². The molecule has 2 atom stereocenters. The third-order valence-electron chi connectivity index (χ3n) is 3.22. The van der Waals surface area contributed by atoms with E-state index in [0.717, 1.165) is 6.42 Å². The van der Waals surface area contributed by atoms with Gasteiger partial charge in [0, 0.05) is 18.4 Å². The maximum atomic E-state index is 11.8. The normalized spacial score (nSPS) is 25.1. The van der Waals surface area contributed by atoms with Crippen LogP contribution in [0, 0.1) is 5.92 Å². The molecule has 1 aliphatic carbocycles. The number of carbonyl (C=O) groups is 1. The lowest BCUT2D eigenvalue weighted by atomic mass is 9.86. The second kappa shape index (κ2) is 5.05. The van der Waals surface area contributed by atoms with Crippen molar-refractivity contribution < 1.29 is 4.79 Å². The maximum Gasteiger partial charge on any atom is 0.271 e. The molecule has 16 heavy (non-hydrogen) atoms. The molecule has 0 aromatic carbocycles. The lowest BCUT2D eigenvalue weighted by molar-refractivity contribution is 0.0905. The lowest BCUT2D eigenvalue weighted by Crippen LogP contribution is -2.41. The molecule has 0 saturated heterocycles. The Hall–Kier alpha value is -1.45. The average molecular weight is 219 g/mol.